The minimum absolute atomic E-state index is 0.0417. The minimum atomic E-state index is -4.29. The average molecular weight is 465 g/mol. The Labute approximate surface area is 189 Å². The quantitative estimate of drug-likeness (QED) is 0.460. The van der Waals surface area contributed by atoms with Crippen molar-refractivity contribution >= 4 is 22.2 Å². The molecule has 1 N–H and O–H groups in total. The predicted octanol–water partition coefficient (Wildman–Crippen LogP) is 4.21. The van der Waals surface area contributed by atoms with E-state index in [0.717, 1.165) is 11.1 Å². The first kappa shape index (κ1) is 25.5. The normalized spacial score (nSPS) is 13.9. The lowest BCUT2D eigenvalue weighted by Gasteiger charge is -2.29. The largest absolute Gasteiger partial charge is 0.551 e. The van der Waals surface area contributed by atoms with Gasteiger partial charge in [0.1, 0.15) is 19.2 Å². The van der Waals surface area contributed by atoms with Crippen LogP contribution in [0.5, 0.6) is 0 Å². The van der Waals surface area contributed by atoms with E-state index < -0.39 is 32.4 Å². The molecule has 0 aliphatic rings. The molecule has 0 aliphatic carbocycles. The summed E-state index contributed by atoms with van der Waals surface area (Å²) in [4.78, 5) is 23.8. The van der Waals surface area contributed by atoms with Crippen molar-refractivity contribution < 1.29 is 36.8 Å². The highest BCUT2D eigenvalue weighted by atomic mass is 32.2. The number of carbonyl (C=O) groups excluding carboxylic acids is 1. The summed E-state index contributed by atoms with van der Waals surface area (Å²) < 4.78 is 35.8. The van der Waals surface area contributed by atoms with Crippen molar-refractivity contribution in [3.63, 3.8) is 0 Å². The van der Waals surface area contributed by atoms with E-state index in [0.29, 0.717) is 12.0 Å². The van der Waals surface area contributed by atoms with Crippen LogP contribution < -0.4 is 0 Å². The Kier molecular flexibility index (Phi) is 7.82. The number of aryl methyl sites for hydroxylation is 2. The van der Waals surface area contributed by atoms with Crippen LogP contribution >= 0.6 is 0 Å². The third kappa shape index (κ3) is 7.44. The van der Waals surface area contributed by atoms with Crippen molar-refractivity contribution in [2.24, 2.45) is 0 Å². The number of carboxylic acid groups (broad SMARTS) is 1. The van der Waals surface area contributed by atoms with Gasteiger partial charge in [0.05, 0.1) is 4.90 Å². The number of hydroxylamine groups is 3. The van der Waals surface area contributed by atoms with Gasteiger partial charge in [-0.3, -0.25) is 4.79 Å². The molecule has 8 nitrogen and oxygen atoms in total. The van der Waals surface area contributed by atoms with Crippen LogP contribution in [0.25, 0.3) is 0 Å². The second-order valence-electron chi connectivity index (χ2n) is 8.79. The first-order valence-electron chi connectivity index (χ1n) is 10.1. The number of amides is 1. The number of quaternary nitrogens is 1. The molecule has 0 saturated carbocycles. The third-order valence-corrected chi connectivity index (χ3v) is 5.83. The molecule has 2 aromatic carbocycles. The van der Waals surface area contributed by atoms with Crippen molar-refractivity contribution in [1.82, 2.24) is 0 Å². The third-order valence-electron chi connectivity index (χ3n) is 4.46. The number of ether oxygens (including phenoxy) is 1. The highest BCUT2D eigenvalue weighted by Crippen LogP contribution is 2.25. The molecule has 0 fully saturated rings. The average Bonchev–Trinajstić information content (AvgIpc) is 2.65. The second kappa shape index (κ2) is 9.81. The van der Waals surface area contributed by atoms with E-state index in [1.807, 2.05) is 6.92 Å². The molecule has 1 unspecified atom stereocenters. The van der Waals surface area contributed by atoms with Gasteiger partial charge in [-0.25, -0.2) is 0 Å². The van der Waals surface area contributed by atoms with Gasteiger partial charge in [-0.05, 0) is 51.8 Å². The van der Waals surface area contributed by atoms with Crippen LogP contribution in [-0.2, 0) is 36.9 Å². The number of aliphatic carboxylic acids is 1. The van der Waals surface area contributed by atoms with Gasteiger partial charge < -0.3 is 9.84 Å². The Morgan fingerprint density at radius 1 is 1.03 bits per heavy atom. The lowest BCUT2D eigenvalue weighted by Crippen LogP contribution is -2.52. The minimum Gasteiger partial charge on any atom is -0.481 e. The highest BCUT2D eigenvalue weighted by molar-refractivity contribution is 7.86. The van der Waals surface area contributed by atoms with Crippen molar-refractivity contribution in [1.29, 1.82) is 0 Å². The Morgan fingerprint density at radius 3 is 2.19 bits per heavy atom. The number of nitrogens with zero attached hydrogens (tertiary/aromatic N) is 1. The fourth-order valence-electron chi connectivity index (χ4n) is 2.93. The second-order valence-corrected chi connectivity index (χ2v) is 10.3. The van der Waals surface area contributed by atoms with Crippen LogP contribution in [-0.4, -0.2) is 42.9 Å². The maximum Gasteiger partial charge on any atom is 0.551 e. The molecule has 0 saturated heterocycles. The molecule has 2 rings (SSSR count). The molecule has 2 aromatic rings. The van der Waals surface area contributed by atoms with Gasteiger partial charge in [-0.1, -0.05) is 50.9 Å². The lowest BCUT2D eigenvalue weighted by molar-refractivity contribution is -1.01. The number of rotatable bonds is 8. The van der Waals surface area contributed by atoms with Gasteiger partial charge in [0.2, 0.25) is 0 Å². The first-order valence-corrected chi connectivity index (χ1v) is 11.5. The van der Waals surface area contributed by atoms with E-state index in [9.17, 15) is 18.0 Å². The fourth-order valence-corrected chi connectivity index (χ4v) is 4.03. The molecule has 0 radical (unpaired) electrons. The summed E-state index contributed by atoms with van der Waals surface area (Å²) in [5, 5.41) is 8.91. The smallest absolute Gasteiger partial charge is 0.481 e. The monoisotopic (exact) mass is 464 g/mol. The topological polar surface area (TPSA) is 107 Å². The standard InChI is InChI=1S/C23H29NO7S/c1-17-9-12-20(13-10-17)32(28,29)31-24(5,22(27)30-23(2,3)4)16-19-8-6-7-18(15-19)11-14-21(25)26/h6-10,12-13,15H,11,14,16H2,1-5H3/p+1. The van der Waals surface area contributed by atoms with Gasteiger partial charge in [-0.2, -0.15) is 13.2 Å². The number of hydrogen-bond acceptors (Lipinski definition) is 6. The van der Waals surface area contributed by atoms with Crippen LogP contribution in [0, 0.1) is 6.92 Å². The molecule has 1 amide bonds. The lowest BCUT2D eigenvalue weighted by atomic mass is 10.1. The van der Waals surface area contributed by atoms with Crippen LogP contribution in [0.3, 0.4) is 0 Å². The maximum absolute atomic E-state index is 13.0. The van der Waals surface area contributed by atoms with E-state index in [1.54, 1.807) is 57.2 Å². The zero-order valence-corrected chi connectivity index (χ0v) is 19.8. The number of carbonyl (C=O) groups is 2. The molecule has 0 aliphatic heterocycles. The summed E-state index contributed by atoms with van der Waals surface area (Å²) in [6, 6.07) is 13.0. The molecule has 0 bridgehead atoms. The van der Waals surface area contributed by atoms with Gasteiger partial charge in [0.15, 0.2) is 0 Å². The highest BCUT2D eigenvalue weighted by Gasteiger charge is 2.44. The van der Waals surface area contributed by atoms with Crippen molar-refractivity contribution in [3.05, 3.63) is 65.2 Å². The summed E-state index contributed by atoms with van der Waals surface area (Å²) in [7, 11) is -2.97. The van der Waals surface area contributed by atoms with Gasteiger partial charge in [0.25, 0.3) is 0 Å². The molecular weight excluding hydrogens is 434 g/mol. The molecule has 9 heteroatoms. The summed E-state index contributed by atoms with van der Waals surface area (Å²) in [6.07, 6.45) is -0.606. The van der Waals surface area contributed by atoms with E-state index in [1.165, 1.54) is 19.2 Å². The van der Waals surface area contributed by atoms with Crippen LogP contribution in [0.1, 0.15) is 43.9 Å². The van der Waals surface area contributed by atoms with Gasteiger partial charge in [0, 0.05) is 12.0 Å². The molecule has 174 valence electrons. The van der Waals surface area contributed by atoms with E-state index >= 15 is 0 Å². The molecule has 1 atom stereocenters. The number of benzene rings is 2. The predicted molar refractivity (Wildman–Crippen MR) is 118 cm³/mol. The van der Waals surface area contributed by atoms with Crippen molar-refractivity contribution in [2.75, 3.05) is 7.05 Å². The summed E-state index contributed by atoms with van der Waals surface area (Å²) >= 11 is 0. The number of carboxylic acids is 1. The molecule has 32 heavy (non-hydrogen) atoms. The van der Waals surface area contributed by atoms with E-state index in [4.69, 9.17) is 14.1 Å². The van der Waals surface area contributed by atoms with E-state index in [-0.39, 0.29) is 17.9 Å². The Bertz CT molecular complexity index is 1070. The Balaban J connectivity index is 2.39. The van der Waals surface area contributed by atoms with Gasteiger partial charge in [-0.15, -0.1) is 0 Å². The van der Waals surface area contributed by atoms with Crippen LogP contribution in [0.2, 0.25) is 0 Å². The van der Waals surface area contributed by atoms with Gasteiger partial charge >= 0.3 is 22.2 Å². The van der Waals surface area contributed by atoms with Crippen molar-refractivity contribution in [3.8, 4) is 0 Å². The zero-order chi connectivity index (χ0) is 24.2. The SMILES string of the molecule is Cc1ccc(S(=O)(=O)O[N+](C)(Cc2cccc(CCC(=O)O)c2)C(=O)OC(C)(C)C)cc1. The summed E-state index contributed by atoms with van der Waals surface area (Å²) in [5.41, 5.74) is 1.37. The molecule has 0 heterocycles. The summed E-state index contributed by atoms with van der Waals surface area (Å²) in [5.74, 6) is -0.919. The van der Waals surface area contributed by atoms with Crippen molar-refractivity contribution in [2.45, 2.75) is 57.6 Å². The number of hydrogen-bond donors (Lipinski definition) is 1. The molecular formula is C23H30NO7S+. The Hall–Kier alpha value is -2.75. The Morgan fingerprint density at radius 2 is 1.62 bits per heavy atom. The van der Waals surface area contributed by atoms with E-state index in [2.05, 4.69) is 0 Å². The maximum atomic E-state index is 13.0. The summed E-state index contributed by atoms with van der Waals surface area (Å²) in [6.45, 7) is 6.72. The van der Waals surface area contributed by atoms with Crippen LogP contribution in [0.15, 0.2) is 53.4 Å². The molecule has 0 aromatic heterocycles. The molecule has 0 spiro atoms. The zero-order valence-electron chi connectivity index (χ0n) is 19.0. The van der Waals surface area contributed by atoms with Crippen LogP contribution in [0.4, 0.5) is 4.79 Å². The fraction of sp³-hybridized carbons (Fsp3) is 0.391. The first-order chi connectivity index (χ1) is 14.7.